The average Bonchev–Trinajstić information content (AvgIpc) is 2.46. The maximum atomic E-state index is 5.89. The molecule has 1 aromatic rings. The first-order valence-corrected chi connectivity index (χ1v) is 7.69. The zero-order valence-electron chi connectivity index (χ0n) is 12.7. The van der Waals surface area contributed by atoms with Gasteiger partial charge in [0.25, 0.3) is 0 Å². The second-order valence-electron chi connectivity index (χ2n) is 5.11. The van der Waals surface area contributed by atoms with Crippen LogP contribution in [0.25, 0.3) is 6.08 Å². The number of hydrogen-bond donors (Lipinski definition) is 0. The quantitative estimate of drug-likeness (QED) is 0.553. The van der Waals surface area contributed by atoms with Crippen molar-refractivity contribution >= 4 is 6.08 Å². The van der Waals surface area contributed by atoms with E-state index < -0.39 is 0 Å². The van der Waals surface area contributed by atoms with Crippen molar-refractivity contribution in [2.75, 3.05) is 6.61 Å². The van der Waals surface area contributed by atoms with Crippen LogP contribution < -0.4 is 4.74 Å². The predicted octanol–water partition coefficient (Wildman–Crippen LogP) is 5.71. The molecule has 19 heavy (non-hydrogen) atoms. The lowest BCUT2D eigenvalue weighted by atomic mass is 10.0. The van der Waals surface area contributed by atoms with E-state index in [1.54, 1.807) is 0 Å². The van der Waals surface area contributed by atoms with Gasteiger partial charge in [-0.1, -0.05) is 64.3 Å². The molecule has 0 aromatic heterocycles. The molecule has 0 saturated heterocycles. The Morgan fingerprint density at radius 2 is 1.84 bits per heavy atom. The van der Waals surface area contributed by atoms with Crippen molar-refractivity contribution in [2.45, 2.75) is 52.9 Å². The van der Waals surface area contributed by atoms with E-state index in [2.05, 4.69) is 57.2 Å². The van der Waals surface area contributed by atoms with Gasteiger partial charge in [-0.15, -0.1) is 0 Å². The SMILES string of the molecule is CC/C=C/c1ccc(OCC(CC)CCCC)cc1. The van der Waals surface area contributed by atoms with Gasteiger partial charge in [-0.2, -0.15) is 0 Å². The molecular formula is C18H28O. The molecule has 0 radical (unpaired) electrons. The monoisotopic (exact) mass is 260 g/mol. The molecule has 0 aliphatic rings. The van der Waals surface area contributed by atoms with Crippen LogP contribution in [0.5, 0.6) is 5.75 Å². The van der Waals surface area contributed by atoms with E-state index in [4.69, 9.17) is 4.74 Å². The molecule has 0 heterocycles. The highest BCUT2D eigenvalue weighted by molar-refractivity contribution is 5.50. The largest absolute Gasteiger partial charge is 0.493 e. The zero-order valence-corrected chi connectivity index (χ0v) is 12.7. The van der Waals surface area contributed by atoms with Gasteiger partial charge in [0.15, 0.2) is 0 Å². The molecule has 0 aliphatic heterocycles. The number of allylic oxidation sites excluding steroid dienone is 1. The van der Waals surface area contributed by atoms with Crippen molar-refractivity contribution in [3.05, 3.63) is 35.9 Å². The number of rotatable bonds is 9. The van der Waals surface area contributed by atoms with Crippen LogP contribution in [0, 0.1) is 5.92 Å². The van der Waals surface area contributed by atoms with Crippen molar-refractivity contribution in [3.63, 3.8) is 0 Å². The van der Waals surface area contributed by atoms with Crippen LogP contribution in [0.1, 0.15) is 58.4 Å². The van der Waals surface area contributed by atoms with Crippen molar-refractivity contribution in [1.29, 1.82) is 0 Å². The Balaban J connectivity index is 2.42. The second-order valence-corrected chi connectivity index (χ2v) is 5.11. The van der Waals surface area contributed by atoms with Gasteiger partial charge in [0.05, 0.1) is 6.61 Å². The van der Waals surface area contributed by atoms with Gasteiger partial charge < -0.3 is 4.74 Å². The molecule has 1 nitrogen and oxygen atoms in total. The fourth-order valence-corrected chi connectivity index (χ4v) is 2.04. The van der Waals surface area contributed by atoms with Crippen LogP contribution in [-0.4, -0.2) is 6.61 Å². The van der Waals surface area contributed by atoms with Crippen LogP contribution in [0.2, 0.25) is 0 Å². The highest BCUT2D eigenvalue weighted by Gasteiger charge is 2.06. The number of ether oxygens (including phenoxy) is 1. The fraction of sp³-hybridized carbons (Fsp3) is 0.556. The molecule has 0 aliphatic carbocycles. The Bertz CT molecular complexity index is 350. The van der Waals surface area contributed by atoms with E-state index in [1.807, 2.05) is 0 Å². The first-order chi connectivity index (χ1) is 9.30. The molecule has 0 N–H and O–H groups in total. The van der Waals surface area contributed by atoms with Crippen molar-refractivity contribution < 1.29 is 4.74 Å². The summed E-state index contributed by atoms with van der Waals surface area (Å²) in [5.74, 6) is 1.68. The highest BCUT2D eigenvalue weighted by Crippen LogP contribution is 2.17. The molecule has 1 heteroatoms. The standard InChI is InChI=1S/C18H28O/c1-4-7-9-16(6-3)15-19-18-13-11-17(12-14-18)10-8-5-2/h8,10-14,16H,4-7,9,15H2,1-3H3/b10-8+. The minimum Gasteiger partial charge on any atom is -0.493 e. The lowest BCUT2D eigenvalue weighted by molar-refractivity contribution is 0.233. The van der Waals surface area contributed by atoms with E-state index >= 15 is 0 Å². The Hall–Kier alpha value is -1.24. The van der Waals surface area contributed by atoms with Crippen molar-refractivity contribution in [1.82, 2.24) is 0 Å². The summed E-state index contributed by atoms with van der Waals surface area (Å²) in [6.45, 7) is 7.49. The molecule has 0 saturated carbocycles. The van der Waals surface area contributed by atoms with Crippen LogP contribution in [0.4, 0.5) is 0 Å². The molecule has 0 amide bonds. The number of hydrogen-bond acceptors (Lipinski definition) is 1. The Labute approximate surface area is 118 Å². The smallest absolute Gasteiger partial charge is 0.119 e. The van der Waals surface area contributed by atoms with Crippen LogP contribution in [0.15, 0.2) is 30.3 Å². The third-order valence-corrected chi connectivity index (χ3v) is 3.46. The van der Waals surface area contributed by atoms with Crippen LogP contribution >= 0.6 is 0 Å². The van der Waals surface area contributed by atoms with Gasteiger partial charge in [-0.3, -0.25) is 0 Å². The molecule has 1 rings (SSSR count). The molecule has 106 valence electrons. The van der Waals surface area contributed by atoms with Gasteiger partial charge >= 0.3 is 0 Å². The molecule has 0 bridgehead atoms. The van der Waals surface area contributed by atoms with E-state index in [-0.39, 0.29) is 0 Å². The summed E-state index contributed by atoms with van der Waals surface area (Å²) in [7, 11) is 0. The molecule has 0 fully saturated rings. The van der Waals surface area contributed by atoms with E-state index in [1.165, 1.54) is 31.2 Å². The zero-order chi connectivity index (χ0) is 13.9. The maximum Gasteiger partial charge on any atom is 0.119 e. The van der Waals surface area contributed by atoms with Crippen molar-refractivity contribution in [3.8, 4) is 5.75 Å². The molecular weight excluding hydrogens is 232 g/mol. The molecule has 1 aromatic carbocycles. The van der Waals surface area contributed by atoms with Crippen LogP contribution in [-0.2, 0) is 0 Å². The first-order valence-electron chi connectivity index (χ1n) is 7.69. The maximum absolute atomic E-state index is 5.89. The average molecular weight is 260 g/mol. The molecule has 1 unspecified atom stereocenters. The van der Waals surface area contributed by atoms with E-state index in [0.717, 1.165) is 18.8 Å². The van der Waals surface area contributed by atoms with Gasteiger partial charge in [0, 0.05) is 0 Å². The summed E-state index contributed by atoms with van der Waals surface area (Å²) in [4.78, 5) is 0. The second kappa shape index (κ2) is 9.66. The minimum absolute atomic E-state index is 0.694. The first kappa shape index (κ1) is 15.8. The predicted molar refractivity (Wildman–Crippen MR) is 84.6 cm³/mol. The summed E-state index contributed by atoms with van der Waals surface area (Å²) in [6, 6.07) is 8.38. The normalized spacial score (nSPS) is 12.8. The lowest BCUT2D eigenvalue weighted by Gasteiger charge is -2.15. The van der Waals surface area contributed by atoms with Gasteiger partial charge in [-0.25, -0.2) is 0 Å². The fourth-order valence-electron chi connectivity index (χ4n) is 2.04. The number of unbranched alkanes of at least 4 members (excludes halogenated alkanes) is 1. The molecule has 0 spiro atoms. The minimum atomic E-state index is 0.694. The summed E-state index contributed by atoms with van der Waals surface area (Å²) >= 11 is 0. The lowest BCUT2D eigenvalue weighted by Crippen LogP contribution is -2.11. The summed E-state index contributed by atoms with van der Waals surface area (Å²) < 4.78 is 5.89. The summed E-state index contributed by atoms with van der Waals surface area (Å²) in [6.07, 6.45) is 10.5. The number of benzene rings is 1. The van der Waals surface area contributed by atoms with Gasteiger partial charge in [-0.05, 0) is 36.5 Å². The Morgan fingerprint density at radius 3 is 2.42 bits per heavy atom. The van der Waals surface area contributed by atoms with E-state index in [9.17, 15) is 0 Å². The van der Waals surface area contributed by atoms with E-state index in [0.29, 0.717) is 5.92 Å². The summed E-state index contributed by atoms with van der Waals surface area (Å²) in [5.41, 5.74) is 1.24. The highest BCUT2D eigenvalue weighted by atomic mass is 16.5. The third kappa shape index (κ3) is 6.47. The van der Waals surface area contributed by atoms with Gasteiger partial charge in [0.1, 0.15) is 5.75 Å². The third-order valence-electron chi connectivity index (χ3n) is 3.46. The van der Waals surface area contributed by atoms with Crippen molar-refractivity contribution in [2.24, 2.45) is 5.92 Å². The molecule has 1 atom stereocenters. The van der Waals surface area contributed by atoms with Crippen LogP contribution in [0.3, 0.4) is 0 Å². The topological polar surface area (TPSA) is 9.23 Å². The summed E-state index contributed by atoms with van der Waals surface area (Å²) in [5, 5.41) is 0. The Morgan fingerprint density at radius 1 is 1.11 bits per heavy atom. The van der Waals surface area contributed by atoms with Gasteiger partial charge in [0.2, 0.25) is 0 Å². The Kier molecular flexibility index (Phi) is 8.04.